The van der Waals surface area contributed by atoms with E-state index in [4.69, 9.17) is 21.9 Å². The van der Waals surface area contributed by atoms with E-state index < -0.39 is 6.04 Å². The third-order valence-corrected chi connectivity index (χ3v) is 4.61. The highest BCUT2D eigenvalue weighted by atomic mass is 35.5. The lowest BCUT2D eigenvalue weighted by atomic mass is 9.82. The van der Waals surface area contributed by atoms with Gasteiger partial charge in [-0.1, -0.05) is 54.7 Å². The maximum atomic E-state index is 6.21. The Morgan fingerprint density at radius 2 is 2.14 bits per heavy atom. The molecule has 1 aromatic carbocycles. The van der Waals surface area contributed by atoms with E-state index in [1.54, 1.807) is 0 Å². The number of rotatable bonds is 3. The van der Waals surface area contributed by atoms with Crippen LogP contribution in [0.15, 0.2) is 28.8 Å². The predicted octanol–water partition coefficient (Wildman–Crippen LogP) is 4.06. The van der Waals surface area contributed by atoms with E-state index in [1.807, 2.05) is 24.3 Å². The summed E-state index contributed by atoms with van der Waals surface area (Å²) >= 11 is 6.17. The van der Waals surface area contributed by atoms with Crippen LogP contribution in [0.3, 0.4) is 0 Å². The number of aromatic nitrogens is 2. The van der Waals surface area contributed by atoms with E-state index in [1.165, 1.54) is 12.8 Å². The molecule has 0 spiro atoms. The van der Waals surface area contributed by atoms with Crippen LogP contribution in [-0.2, 0) is 0 Å². The summed E-state index contributed by atoms with van der Waals surface area (Å²) in [6.45, 7) is 2.28. The number of hydrogen-bond acceptors (Lipinski definition) is 4. The van der Waals surface area contributed by atoms with Crippen molar-refractivity contribution in [3.8, 4) is 0 Å². The van der Waals surface area contributed by atoms with Crippen molar-refractivity contribution in [2.24, 2.45) is 11.7 Å². The first-order valence-electron chi connectivity index (χ1n) is 7.48. The summed E-state index contributed by atoms with van der Waals surface area (Å²) in [4.78, 5) is 4.52. The standard InChI is InChI=1S/C16H20ClN3O/c1-10-5-4-6-11(9-10)15-19-16(21-20-15)14(18)12-7-2-3-8-13(12)17/h2-3,7-8,10-11,14H,4-6,9,18H2,1H3/t10?,11?,14-/m1/s1. The molecule has 0 bridgehead atoms. The fourth-order valence-corrected chi connectivity index (χ4v) is 3.32. The van der Waals surface area contributed by atoms with Gasteiger partial charge in [0.1, 0.15) is 6.04 Å². The number of nitrogens with zero attached hydrogens (tertiary/aromatic N) is 2. The van der Waals surface area contributed by atoms with Crippen molar-refractivity contribution in [3.63, 3.8) is 0 Å². The van der Waals surface area contributed by atoms with Crippen molar-refractivity contribution >= 4 is 11.6 Å². The second kappa shape index (κ2) is 6.16. The molecular weight excluding hydrogens is 286 g/mol. The Morgan fingerprint density at radius 1 is 1.33 bits per heavy atom. The van der Waals surface area contributed by atoms with Crippen molar-refractivity contribution in [2.45, 2.75) is 44.6 Å². The molecule has 0 radical (unpaired) electrons. The Morgan fingerprint density at radius 3 is 2.90 bits per heavy atom. The Kier molecular flexibility index (Phi) is 4.27. The lowest BCUT2D eigenvalue weighted by molar-refractivity contribution is 0.318. The normalized spacial score (nSPS) is 24.0. The van der Waals surface area contributed by atoms with Gasteiger partial charge in [-0.15, -0.1) is 0 Å². The first-order chi connectivity index (χ1) is 10.1. The van der Waals surface area contributed by atoms with E-state index in [9.17, 15) is 0 Å². The molecule has 1 aliphatic rings. The lowest BCUT2D eigenvalue weighted by Crippen LogP contribution is -2.15. The number of benzene rings is 1. The summed E-state index contributed by atoms with van der Waals surface area (Å²) in [5.74, 6) is 2.35. The van der Waals surface area contributed by atoms with E-state index in [2.05, 4.69) is 17.1 Å². The van der Waals surface area contributed by atoms with Gasteiger partial charge in [-0.05, 0) is 30.4 Å². The summed E-state index contributed by atoms with van der Waals surface area (Å²) in [7, 11) is 0. The van der Waals surface area contributed by atoms with Gasteiger partial charge in [-0.3, -0.25) is 0 Å². The average Bonchev–Trinajstić information content (AvgIpc) is 2.97. The highest BCUT2D eigenvalue weighted by Crippen LogP contribution is 2.35. The van der Waals surface area contributed by atoms with Crippen molar-refractivity contribution in [3.05, 3.63) is 46.6 Å². The van der Waals surface area contributed by atoms with Gasteiger partial charge in [0.05, 0.1) is 0 Å². The minimum absolute atomic E-state index is 0.393. The summed E-state index contributed by atoms with van der Waals surface area (Å²) in [6, 6.07) is 7.01. The molecule has 0 amide bonds. The molecule has 21 heavy (non-hydrogen) atoms. The minimum Gasteiger partial charge on any atom is -0.337 e. The second-order valence-corrected chi connectivity index (χ2v) is 6.37. The maximum Gasteiger partial charge on any atom is 0.248 e. The zero-order valence-corrected chi connectivity index (χ0v) is 12.9. The average molecular weight is 306 g/mol. The van der Waals surface area contributed by atoms with Crippen molar-refractivity contribution in [2.75, 3.05) is 0 Å². The van der Waals surface area contributed by atoms with E-state index >= 15 is 0 Å². The fraction of sp³-hybridized carbons (Fsp3) is 0.500. The third kappa shape index (κ3) is 3.11. The van der Waals surface area contributed by atoms with Crippen molar-refractivity contribution in [1.82, 2.24) is 10.1 Å². The molecule has 3 rings (SSSR count). The molecule has 2 N–H and O–H groups in total. The Labute approximate surface area is 129 Å². The fourth-order valence-electron chi connectivity index (χ4n) is 3.07. The molecule has 1 aliphatic carbocycles. The van der Waals surface area contributed by atoms with Crippen LogP contribution in [0.5, 0.6) is 0 Å². The van der Waals surface area contributed by atoms with Crippen LogP contribution < -0.4 is 5.73 Å². The van der Waals surface area contributed by atoms with Crippen LogP contribution in [0.1, 0.15) is 61.8 Å². The largest absolute Gasteiger partial charge is 0.337 e. The summed E-state index contributed by atoms with van der Waals surface area (Å²) in [5, 5.41) is 4.76. The van der Waals surface area contributed by atoms with Crippen molar-refractivity contribution < 1.29 is 4.52 Å². The SMILES string of the molecule is CC1CCCC(c2noc([C@H](N)c3ccccc3Cl)n2)C1. The first kappa shape index (κ1) is 14.5. The molecule has 1 saturated carbocycles. The second-order valence-electron chi connectivity index (χ2n) is 5.96. The smallest absolute Gasteiger partial charge is 0.248 e. The summed E-state index contributed by atoms with van der Waals surface area (Å²) in [6.07, 6.45) is 4.78. The first-order valence-corrected chi connectivity index (χ1v) is 7.86. The molecule has 3 atom stereocenters. The van der Waals surface area contributed by atoms with Crippen LogP contribution in [0.2, 0.25) is 5.02 Å². The minimum atomic E-state index is -0.471. The number of hydrogen-bond donors (Lipinski definition) is 1. The van der Waals surface area contributed by atoms with Gasteiger partial charge in [0, 0.05) is 10.9 Å². The molecule has 0 aliphatic heterocycles. The molecule has 1 fully saturated rings. The Balaban J connectivity index is 1.80. The van der Waals surface area contributed by atoms with E-state index in [-0.39, 0.29) is 0 Å². The molecule has 0 saturated heterocycles. The molecule has 5 heteroatoms. The molecule has 1 aromatic heterocycles. The molecular formula is C16H20ClN3O. The van der Waals surface area contributed by atoms with Gasteiger partial charge in [0.15, 0.2) is 5.82 Å². The summed E-state index contributed by atoms with van der Waals surface area (Å²) < 4.78 is 5.38. The number of halogens is 1. The maximum absolute atomic E-state index is 6.21. The van der Waals surface area contributed by atoms with Crippen LogP contribution in [0, 0.1) is 5.92 Å². The van der Waals surface area contributed by atoms with Gasteiger partial charge in [0.2, 0.25) is 5.89 Å². The molecule has 2 unspecified atom stereocenters. The monoisotopic (exact) mass is 305 g/mol. The number of nitrogens with two attached hydrogens (primary N) is 1. The van der Waals surface area contributed by atoms with Gasteiger partial charge < -0.3 is 10.3 Å². The highest BCUT2D eigenvalue weighted by Gasteiger charge is 2.26. The van der Waals surface area contributed by atoms with Gasteiger partial charge in [0.25, 0.3) is 0 Å². The molecule has 2 aromatic rings. The van der Waals surface area contributed by atoms with Crippen molar-refractivity contribution in [1.29, 1.82) is 0 Å². The van der Waals surface area contributed by atoms with Crippen LogP contribution in [-0.4, -0.2) is 10.1 Å². The van der Waals surface area contributed by atoms with Gasteiger partial charge in [-0.2, -0.15) is 4.98 Å². The molecule has 1 heterocycles. The Bertz CT molecular complexity index is 613. The predicted molar refractivity (Wildman–Crippen MR) is 82.2 cm³/mol. The van der Waals surface area contributed by atoms with Gasteiger partial charge in [-0.25, -0.2) is 0 Å². The zero-order chi connectivity index (χ0) is 14.8. The molecule has 112 valence electrons. The molecule has 4 nitrogen and oxygen atoms in total. The quantitative estimate of drug-likeness (QED) is 0.928. The highest BCUT2D eigenvalue weighted by molar-refractivity contribution is 6.31. The van der Waals surface area contributed by atoms with E-state index in [0.29, 0.717) is 16.8 Å². The topological polar surface area (TPSA) is 64.9 Å². The third-order valence-electron chi connectivity index (χ3n) is 4.27. The lowest BCUT2D eigenvalue weighted by Gasteiger charge is -2.23. The Hall–Kier alpha value is -1.39. The van der Waals surface area contributed by atoms with Crippen LogP contribution >= 0.6 is 11.6 Å². The van der Waals surface area contributed by atoms with Gasteiger partial charge >= 0.3 is 0 Å². The summed E-state index contributed by atoms with van der Waals surface area (Å²) in [5.41, 5.74) is 7.02. The van der Waals surface area contributed by atoms with E-state index in [0.717, 1.165) is 30.1 Å². The van der Waals surface area contributed by atoms with Crippen LogP contribution in [0.4, 0.5) is 0 Å². The zero-order valence-electron chi connectivity index (χ0n) is 12.1. The van der Waals surface area contributed by atoms with Crippen LogP contribution in [0.25, 0.3) is 0 Å².